The lowest BCUT2D eigenvalue weighted by Gasteiger charge is -2.22. The zero-order chi connectivity index (χ0) is 11.3. The summed E-state index contributed by atoms with van der Waals surface area (Å²) in [7, 11) is 1.72. The first-order chi connectivity index (χ1) is 7.13. The van der Waals surface area contributed by atoms with Crippen molar-refractivity contribution in [1.82, 2.24) is 0 Å². The number of methoxy groups -OCH3 is 1. The zero-order valence-corrected chi connectivity index (χ0v) is 9.66. The van der Waals surface area contributed by atoms with E-state index in [1.165, 1.54) is 0 Å². The molecule has 1 aromatic carbocycles. The van der Waals surface area contributed by atoms with Crippen molar-refractivity contribution < 1.29 is 4.74 Å². The summed E-state index contributed by atoms with van der Waals surface area (Å²) in [5, 5.41) is 3.43. The summed E-state index contributed by atoms with van der Waals surface area (Å²) in [4.78, 5) is 0. The van der Waals surface area contributed by atoms with Gasteiger partial charge in [-0.25, -0.2) is 0 Å². The van der Waals surface area contributed by atoms with E-state index in [0.717, 1.165) is 11.4 Å². The van der Waals surface area contributed by atoms with Gasteiger partial charge in [0.05, 0.1) is 12.6 Å². The van der Waals surface area contributed by atoms with Gasteiger partial charge in [-0.1, -0.05) is 13.8 Å². The van der Waals surface area contributed by atoms with Crippen molar-refractivity contribution >= 4 is 11.4 Å². The van der Waals surface area contributed by atoms with Crippen molar-refractivity contribution in [2.24, 2.45) is 5.92 Å². The third-order valence-electron chi connectivity index (χ3n) is 2.41. The molecule has 1 rings (SSSR count). The quantitative estimate of drug-likeness (QED) is 0.730. The average Bonchev–Trinajstić information content (AvgIpc) is 2.20. The number of hydrogen-bond donors (Lipinski definition) is 2. The van der Waals surface area contributed by atoms with Gasteiger partial charge in [0.1, 0.15) is 0 Å². The molecule has 1 aromatic rings. The zero-order valence-electron chi connectivity index (χ0n) is 9.66. The fourth-order valence-corrected chi connectivity index (χ4v) is 1.37. The Morgan fingerprint density at radius 3 is 2.33 bits per heavy atom. The second-order valence-electron chi connectivity index (χ2n) is 4.07. The molecular weight excluding hydrogens is 188 g/mol. The summed E-state index contributed by atoms with van der Waals surface area (Å²) in [6, 6.07) is 8.10. The highest BCUT2D eigenvalue weighted by molar-refractivity contribution is 5.51. The van der Waals surface area contributed by atoms with Gasteiger partial charge < -0.3 is 15.8 Å². The number of anilines is 2. The third kappa shape index (κ3) is 3.80. The van der Waals surface area contributed by atoms with Crippen molar-refractivity contribution in [2.45, 2.75) is 19.9 Å². The molecule has 0 radical (unpaired) electrons. The maximum Gasteiger partial charge on any atom is 0.0666 e. The molecule has 3 N–H and O–H groups in total. The van der Waals surface area contributed by atoms with Gasteiger partial charge in [0.25, 0.3) is 0 Å². The standard InChI is InChI=1S/C12H20N2O/c1-9(2)12(8-15-3)14-11-6-4-10(13)5-7-11/h4-7,9,12,14H,8,13H2,1-3H3. The first-order valence-electron chi connectivity index (χ1n) is 5.24. The molecule has 3 nitrogen and oxygen atoms in total. The molecule has 0 heterocycles. The molecule has 0 aromatic heterocycles. The molecule has 0 spiro atoms. The Morgan fingerprint density at radius 2 is 1.87 bits per heavy atom. The molecular formula is C12H20N2O. The fraction of sp³-hybridized carbons (Fsp3) is 0.500. The fourth-order valence-electron chi connectivity index (χ4n) is 1.37. The van der Waals surface area contributed by atoms with E-state index in [2.05, 4.69) is 19.2 Å². The number of nitrogens with one attached hydrogen (secondary N) is 1. The lowest BCUT2D eigenvalue weighted by molar-refractivity contribution is 0.171. The normalized spacial score (nSPS) is 12.8. The van der Waals surface area contributed by atoms with Gasteiger partial charge in [0, 0.05) is 18.5 Å². The van der Waals surface area contributed by atoms with Crippen LogP contribution >= 0.6 is 0 Å². The molecule has 0 aliphatic heterocycles. The van der Waals surface area contributed by atoms with Gasteiger partial charge in [-0.3, -0.25) is 0 Å². The molecule has 0 aliphatic carbocycles. The van der Waals surface area contributed by atoms with E-state index in [0.29, 0.717) is 18.6 Å². The third-order valence-corrected chi connectivity index (χ3v) is 2.41. The maximum atomic E-state index is 5.62. The molecule has 3 heteroatoms. The van der Waals surface area contributed by atoms with Crippen LogP contribution in [-0.4, -0.2) is 19.8 Å². The number of benzene rings is 1. The van der Waals surface area contributed by atoms with Crippen LogP contribution < -0.4 is 11.1 Å². The Balaban J connectivity index is 2.61. The maximum absolute atomic E-state index is 5.62. The Labute approximate surface area is 91.6 Å². The van der Waals surface area contributed by atoms with Crippen LogP contribution in [-0.2, 0) is 4.74 Å². The molecule has 1 unspecified atom stereocenters. The van der Waals surface area contributed by atoms with Gasteiger partial charge >= 0.3 is 0 Å². The van der Waals surface area contributed by atoms with Crippen molar-refractivity contribution in [2.75, 3.05) is 24.8 Å². The van der Waals surface area contributed by atoms with Crippen LogP contribution in [0.2, 0.25) is 0 Å². The second-order valence-corrected chi connectivity index (χ2v) is 4.07. The van der Waals surface area contributed by atoms with Crippen molar-refractivity contribution in [3.05, 3.63) is 24.3 Å². The van der Waals surface area contributed by atoms with E-state index >= 15 is 0 Å². The molecule has 0 amide bonds. The van der Waals surface area contributed by atoms with Crippen LogP contribution in [0.4, 0.5) is 11.4 Å². The lowest BCUT2D eigenvalue weighted by atomic mass is 10.1. The molecule has 0 bridgehead atoms. The minimum atomic E-state index is 0.332. The van der Waals surface area contributed by atoms with Crippen molar-refractivity contribution in [3.63, 3.8) is 0 Å². The summed E-state index contributed by atoms with van der Waals surface area (Å²) < 4.78 is 5.17. The topological polar surface area (TPSA) is 47.3 Å². The van der Waals surface area contributed by atoms with Crippen LogP contribution in [0.1, 0.15) is 13.8 Å². The van der Waals surface area contributed by atoms with Gasteiger partial charge in [-0.2, -0.15) is 0 Å². The average molecular weight is 208 g/mol. The van der Waals surface area contributed by atoms with Gasteiger partial charge in [0.2, 0.25) is 0 Å². The summed E-state index contributed by atoms with van der Waals surface area (Å²) in [5.74, 6) is 0.530. The van der Waals surface area contributed by atoms with E-state index in [-0.39, 0.29) is 0 Å². The smallest absolute Gasteiger partial charge is 0.0666 e. The van der Waals surface area contributed by atoms with E-state index in [1.807, 2.05) is 24.3 Å². The summed E-state index contributed by atoms with van der Waals surface area (Å²) in [6.07, 6.45) is 0. The predicted molar refractivity (Wildman–Crippen MR) is 65.0 cm³/mol. The Bertz CT molecular complexity index is 282. The van der Waals surface area contributed by atoms with E-state index in [4.69, 9.17) is 10.5 Å². The van der Waals surface area contributed by atoms with Crippen LogP contribution in [0.3, 0.4) is 0 Å². The minimum absolute atomic E-state index is 0.332. The highest BCUT2D eigenvalue weighted by Gasteiger charge is 2.12. The largest absolute Gasteiger partial charge is 0.399 e. The van der Waals surface area contributed by atoms with Gasteiger partial charge in [0.15, 0.2) is 0 Å². The van der Waals surface area contributed by atoms with Gasteiger partial charge in [-0.15, -0.1) is 0 Å². The molecule has 0 aliphatic rings. The van der Waals surface area contributed by atoms with Crippen LogP contribution in [0.5, 0.6) is 0 Å². The van der Waals surface area contributed by atoms with Crippen LogP contribution in [0.15, 0.2) is 24.3 Å². The highest BCUT2D eigenvalue weighted by Crippen LogP contribution is 2.14. The Hall–Kier alpha value is -1.22. The predicted octanol–water partition coefficient (Wildman–Crippen LogP) is 2.35. The molecule has 84 valence electrons. The van der Waals surface area contributed by atoms with E-state index in [1.54, 1.807) is 7.11 Å². The Morgan fingerprint density at radius 1 is 1.27 bits per heavy atom. The minimum Gasteiger partial charge on any atom is -0.399 e. The molecule has 0 saturated carbocycles. The molecule has 1 atom stereocenters. The van der Waals surface area contributed by atoms with E-state index < -0.39 is 0 Å². The summed E-state index contributed by atoms with van der Waals surface area (Å²) >= 11 is 0. The van der Waals surface area contributed by atoms with Crippen molar-refractivity contribution in [1.29, 1.82) is 0 Å². The van der Waals surface area contributed by atoms with Crippen molar-refractivity contribution in [3.8, 4) is 0 Å². The Kier molecular flexibility index (Phi) is 4.43. The first-order valence-corrected chi connectivity index (χ1v) is 5.24. The second kappa shape index (κ2) is 5.61. The number of rotatable bonds is 5. The number of ether oxygens (including phenoxy) is 1. The molecule has 0 saturated heterocycles. The SMILES string of the molecule is COCC(Nc1ccc(N)cc1)C(C)C. The lowest BCUT2D eigenvalue weighted by Crippen LogP contribution is -2.30. The molecule has 0 fully saturated rings. The van der Waals surface area contributed by atoms with Crippen LogP contribution in [0, 0.1) is 5.92 Å². The summed E-state index contributed by atoms with van der Waals surface area (Å²) in [5.41, 5.74) is 7.49. The molecule has 15 heavy (non-hydrogen) atoms. The number of nitrogens with two attached hydrogens (primary N) is 1. The van der Waals surface area contributed by atoms with Gasteiger partial charge in [-0.05, 0) is 30.2 Å². The highest BCUT2D eigenvalue weighted by atomic mass is 16.5. The first kappa shape index (κ1) is 11.9. The number of nitrogen functional groups attached to an aromatic ring is 1. The van der Waals surface area contributed by atoms with Crippen LogP contribution in [0.25, 0.3) is 0 Å². The summed E-state index contributed by atoms with van der Waals surface area (Å²) in [6.45, 7) is 5.06. The number of hydrogen-bond acceptors (Lipinski definition) is 3. The van der Waals surface area contributed by atoms with E-state index in [9.17, 15) is 0 Å². The monoisotopic (exact) mass is 208 g/mol.